The van der Waals surface area contributed by atoms with Crippen LogP contribution in [0.2, 0.25) is 0 Å². The average molecular weight is 268 g/mol. The number of aryl methyl sites for hydroxylation is 2. The van der Waals surface area contributed by atoms with Gasteiger partial charge in [-0.05, 0) is 49.2 Å². The minimum absolute atomic E-state index is 0.125. The lowest BCUT2D eigenvalue weighted by molar-refractivity contribution is 0.0955. The molecule has 2 aromatic rings. The van der Waals surface area contributed by atoms with Crippen LogP contribution in [-0.4, -0.2) is 17.2 Å². The SMILES string of the molecule is Cc1ccc(/C=N/NC(=O)c2ccc(O)cc2)c(C)c1. The zero-order valence-corrected chi connectivity index (χ0v) is 11.4. The Hall–Kier alpha value is -2.62. The standard InChI is InChI=1S/C16H16N2O2/c1-11-3-4-14(12(2)9-11)10-17-18-16(20)13-5-7-15(19)8-6-13/h3-10,19H,1-2H3,(H,18,20)/b17-10+. The second-order valence-electron chi connectivity index (χ2n) is 4.61. The number of amides is 1. The number of carbonyl (C=O) groups excluding carboxylic acids is 1. The van der Waals surface area contributed by atoms with Crippen molar-refractivity contribution in [3.8, 4) is 5.75 Å². The van der Waals surface area contributed by atoms with Crippen molar-refractivity contribution < 1.29 is 9.90 Å². The van der Waals surface area contributed by atoms with Gasteiger partial charge in [0.05, 0.1) is 6.21 Å². The number of nitrogens with zero attached hydrogens (tertiary/aromatic N) is 1. The van der Waals surface area contributed by atoms with Crippen LogP contribution in [0, 0.1) is 13.8 Å². The molecular weight excluding hydrogens is 252 g/mol. The monoisotopic (exact) mass is 268 g/mol. The van der Waals surface area contributed by atoms with E-state index in [-0.39, 0.29) is 11.7 Å². The molecule has 2 N–H and O–H groups in total. The van der Waals surface area contributed by atoms with Gasteiger partial charge >= 0.3 is 0 Å². The van der Waals surface area contributed by atoms with Crippen LogP contribution in [0.4, 0.5) is 0 Å². The van der Waals surface area contributed by atoms with Gasteiger partial charge in [0.25, 0.3) is 5.91 Å². The van der Waals surface area contributed by atoms with E-state index in [4.69, 9.17) is 5.11 Å². The molecule has 0 saturated carbocycles. The largest absolute Gasteiger partial charge is 0.508 e. The number of rotatable bonds is 3. The predicted molar refractivity (Wildman–Crippen MR) is 79.1 cm³/mol. The molecule has 0 unspecified atom stereocenters. The van der Waals surface area contributed by atoms with Crippen molar-refractivity contribution in [1.82, 2.24) is 5.43 Å². The third-order valence-corrected chi connectivity index (χ3v) is 2.92. The molecular formula is C16H16N2O2. The molecule has 4 nitrogen and oxygen atoms in total. The molecule has 0 spiro atoms. The summed E-state index contributed by atoms with van der Waals surface area (Å²) >= 11 is 0. The number of aromatic hydroxyl groups is 1. The molecule has 2 aromatic carbocycles. The fourth-order valence-electron chi connectivity index (χ4n) is 1.81. The summed E-state index contributed by atoms with van der Waals surface area (Å²) in [6, 6.07) is 12.0. The highest BCUT2D eigenvalue weighted by molar-refractivity contribution is 5.95. The fourth-order valence-corrected chi connectivity index (χ4v) is 1.81. The number of phenols is 1. The smallest absolute Gasteiger partial charge is 0.271 e. The lowest BCUT2D eigenvalue weighted by Gasteiger charge is -2.02. The van der Waals surface area contributed by atoms with Gasteiger partial charge in [-0.25, -0.2) is 5.43 Å². The molecule has 0 atom stereocenters. The highest BCUT2D eigenvalue weighted by Crippen LogP contribution is 2.10. The summed E-state index contributed by atoms with van der Waals surface area (Å²) in [5, 5.41) is 13.1. The minimum Gasteiger partial charge on any atom is -0.508 e. The van der Waals surface area contributed by atoms with Crippen LogP contribution in [0.5, 0.6) is 5.75 Å². The van der Waals surface area contributed by atoms with E-state index in [2.05, 4.69) is 16.6 Å². The summed E-state index contributed by atoms with van der Waals surface area (Å²) in [4.78, 5) is 11.8. The minimum atomic E-state index is -0.314. The Morgan fingerprint density at radius 1 is 1.15 bits per heavy atom. The zero-order chi connectivity index (χ0) is 14.5. The van der Waals surface area contributed by atoms with Crippen molar-refractivity contribution in [3.63, 3.8) is 0 Å². The van der Waals surface area contributed by atoms with E-state index >= 15 is 0 Å². The highest BCUT2D eigenvalue weighted by atomic mass is 16.3. The number of hydrazone groups is 1. The van der Waals surface area contributed by atoms with E-state index in [9.17, 15) is 4.79 Å². The summed E-state index contributed by atoms with van der Waals surface area (Å²) in [6.07, 6.45) is 1.62. The summed E-state index contributed by atoms with van der Waals surface area (Å²) in [5.41, 5.74) is 6.15. The zero-order valence-electron chi connectivity index (χ0n) is 11.4. The van der Waals surface area contributed by atoms with E-state index < -0.39 is 0 Å². The molecule has 102 valence electrons. The highest BCUT2D eigenvalue weighted by Gasteiger charge is 2.03. The van der Waals surface area contributed by atoms with Crippen LogP contribution >= 0.6 is 0 Å². The van der Waals surface area contributed by atoms with Crippen molar-refractivity contribution in [1.29, 1.82) is 0 Å². The number of phenolic OH excluding ortho intramolecular Hbond substituents is 1. The molecule has 0 aliphatic carbocycles. The maximum atomic E-state index is 11.8. The third-order valence-electron chi connectivity index (χ3n) is 2.92. The topological polar surface area (TPSA) is 61.7 Å². The molecule has 0 radical (unpaired) electrons. The van der Waals surface area contributed by atoms with Crippen LogP contribution in [0.15, 0.2) is 47.6 Å². The first-order valence-corrected chi connectivity index (χ1v) is 6.26. The molecule has 0 bridgehead atoms. The van der Waals surface area contributed by atoms with Gasteiger partial charge in [-0.1, -0.05) is 23.8 Å². The number of carbonyl (C=O) groups is 1. The normalized spacial score (nSPS) is 10.7. The van der Waals surface area contributed by atoms with Crippen LogP contribution in [0.25, 0.3) is 0 Å². The predicted octanol–water partition coefficient (Wildman–Crippen LogP) is 2.77. The Labute approximate surface area is 117 Å². The summed E-state index contributed by atoms with van der Waals surface area (Å²) in [6.45, 7) is 4.02. The molecule has 0 aliphatic rings. The van der Waals surface area contributed by atoms with Crippen molar-refractivity contribution >= 4 is 12.1 Å². The number of benzene rings is 2. The van der Waals surface area contributed by atoms with E-state index in [1.165, 1.54) is 29.8 Å². The van der Waals surface area contributed by atoms with E-state index in [1.54, 1.807) is 6.21 Å². The van der Waals surface area contributed by atoms with Gasteiger partial charge in [-0.2, -0.15) is 5.10 Å². The Morgan fingerprint density at radius 2 is 1.85 bits per heavy atom. The second-order valence-corrected chi connectivity index (χ2v) is 4.61. The molecule has 20 heavy (non-hydrogen) atoms. The molecule has 2 rings (SSSR count). The van der Waals surface area contributed by atoms with Crippen molar-refractivity contribution in [2.75, 3.05) is 0 Å². The van der Waals surface area contributed by atoms with Crippen LogP contribution < -0.4 is 5.43 Å². The fraction of sp³-hybridized carbons (Fsp3) is 0.125. The van der Waals surface area contributed by atoms with Crippen molar-refractivity contribution in [2.24, 2.45) is 5.10 Å². The summed E-state index contributed by atoms with van der Waals surface area (Å²) < 4.78 is 0. The molecule has 0 fully saturated rings. The van der Waals surface area contributed by atoms with Gasteiger partial charge < -0.3 is 5.11 Å². The Bertz CT molecular complexity index is 646. The molecule has 0 aliphatic heterocycles. The number of nitrogens with one attached hydrogen (secondary N) is 1. The van der Waals surface area contributed by atoms with Crippen molar-refractivity contribution in [3.05, 3.63) is 64.7 Å². The number of hydrogen-bond donors (Lipinski definition) is 2. The first kappa shape index (κ1) is 13.8. The maximum Gasteiger partial charge on any atom is 0.271 e. The molecule has 1 amide bonds. The van der Waals surface area contributed by atoms with Gasteiger partial charge in [-0.3, -0.25) is 4.79 Å². The number of hydrogen-bond acceptors (Lipinski definition) is 3. The van der Waals surface area contributed by atoms with E-state index in [0.29, 0.717) is 5.56 Å². The lowest BCUT2D eigenvalue weighted by Crippen LogP contribution is -2.17. The Morgan fingerprint density at radius 3 is 2.50 bits per heavy atom. The van der Waals surface area contributed by atoms with Gasteiger partial charge in [0, 0.05) is 5.56 Å². The maximum absolute atomic E-state index is 11.8. The first-order valence-electron chi connectivity index (χ1n) is 6.26. The van der Waals surface area contributed by atoms with Crippen molar-refractivity contribution in [2.45, 2.75) is 13.8 Å². The second kappa shape index (κ2) is 6.02. The molecule has 0 aromatic heterocycles. The van der Waals surface area contributed by atoms with Gasteiger partial charge in [0.2, 0.25) is 0 Å². The van der Waals surface area contributed by atoms with E-state index in [0.717, 1.165) is 11.1 Å². The van der Waals surface area contributed by atoms with E-state index in [1.807, 2.05) is 26.0 Å². The van der Waals surface area contributed by atoms with Gasteiger partial charge in [0.15, 0.2) is 0 Å². The lowest BCUT2D eigenvalue weighted by atomic mass is 10.1. The third kappa shape index (κ3) is 3.45. The van der Waals surface area contributed by atoms with Crippen LogP contribution in [0.1, 0.15) is 27.0 Å². The Balaban J connectivity index is 2.02. The first-order chi connectivity index (χ1) is 9.56. The van der Waals surface area contributed by atoms with Crippen LogP contribution in [0.3, 0.4) is 0 Å². The summed E-state index contributed by atoms with van der Waals surface area (Å²) in [5.74, 6) is -0.189. The van der Waals surface area contributed by atoms with Gasteiger partial charge in [-0.15, -0.1) is 0 Å². The molecule has 0 heterocycles. The average Bonchev–Trinajstić information content (AvgIpc) is 2.42. The quantitative estimate of drug-likeness (QED) is 0.664. The Kier molecular flexibility index (Phi) is 4.15. The molecule has 0 saturated heterocycles. The summed E-state index contributed by atoms with van der Waals surface area (Å²) in [7, 11) is 0. The molecule has 4 heteroatoms. The van der Waals surface area contributed by atoms with Gasteiger partial charge in [0.1, 0.15) is 5.75 Å². The van der Waals surface area contributed by atoms with Crippen LogP contribution in [-0.2, 0) is 0 Å².